The summed E-state index contributed by atoms with van der Waals surface area (Å²) in [5.74, 6) is 0.181. The largest absolute Gasteiger partial charge is 0.496 e. The number of anilines is 1. The zero-order valence-corrected chi connectivity index (χ0v) is 23.7. The third-order valence-corrected chi connectivity index (χ3v) is 7.90. The fourth-order valence-electron chi connectivity index (χ4n) is 5.89. The van der Waals surface area contributed by atoms with Gasteiger partial charge in [-0.2, -0.15) is 10.4 Å². The first-order valence-electron chi connectivity index (χ1n) is 13.5. The van der Waals surface area contributed by atoms with E-state index in [2.05, 4.69) is 66.3 Å². The maximum atomic E-state index is 12.0. The van der Waals surface area contributed by atoms with Crippen molar-refractivity contribution in [2.45, 2.75) is 57.7 Å². The van der Waals surface area contributed by atoms with Crippen LogP contribution in [-0.2, 0) is 22.3 Å². The average Bonchev–Trinajstić information content (AvgIpc) is 3.38. The van der Waals surface area contributed by atoms with Gasteiger partial charge in [-0.1, -0.05) is 37.3 Å². The molecular weight excluding hydrogens is 492 g/mol. The molecule has 4 rings (SSSR count). The number of nitriles is 1. The third-order valence-electron chi connectivity index (χ3n) is 7.90. The van der Waals surface area contributed by atoms with E-state index < -0.39 is 0 Å². The van der Waals surface area contributed by atoms with E-state index in [1.807, 2.05) is 6.07 Å². The van der Waals surface area contributed by atoms with E-state index in [9.17, 15) is 10.1 Å². The smallest absolute Gasteiger partial charge is 0.243 e. The Morgan fingerprint density at radius 2 is 1.77 bits per heavy atom. The van der Waals surface area contributed by atoms with E-state index in [-0.39, 0.29) is 35.6 Å². The molecule has 0 saturated heterocycles. The Balaban J connectivity index is 1.70. The molecule has 1 heterocycles. The minimum absolute atomic E-state index is 0.115. The van der Waals surface area contributed by atoms with Gasteiger partial charge in [0.05, 0.1) is 19.3 Å². The van der Waals surface area contributed by atoms with Crippen LogP contribution in [0.2, 0.25) is 0 Å². The molecule has 39 heavy (non-hydrogen) atoms. The van der Waals surface area contributed by atoms with Crippen LogP contribution < -0.4 is 9.64 Å². The van der Waals surface area contributed by atoms with E-state index in [0.717, 1.165) is 42.9 Å². The molecule has 1 aliphatic carbocycles. The van der Waals surface area contributed by atoms with Crippen molar-refractivity contribution in [3.8, 4) is 11.8 Å². The average molecular weight is 531 g/mol. The van der Waals surface area contributed by atoms with Crippen LogP contribution in [0.15, 0.2) is 48.7 Å². The molecule has 0 bridgehead atoms. The van der Waals surface area contributed by atoms with Crippen molar-refractivity contribution in [1.82, 2.24) is 9.78 Å². The Hall–Kier alpha value is -3.67. The van der Waals surface area contributed by atoms with Gasteiger partial charge in [-0.25, -0.2) is 4.68 Å². The fraction of sp³-hybridized carbons (Fsp3) is 0.452. The van der Waals surface area contributed by atoms with Crippen LogP contribution in [0.5, 0.6) is 5.75 Å². The Kier molecular flexibility index (Phi) is 9.05. The number of ether oxygens (including phenoxy) is 3. The Bertz CT molecular complexity index is 1290. The fourth-order valence-corrected chi connectivity index (χ4v) is 5.89. The molecule has 3 aromatic rings. The van der Waals surface area contributed by atoms with E-state index in [1.54, 1.807) is 27.5 Å². The number of methoxy groups -OCH3 is 3. The second-order valence-electron chi connectivity index (χ2n) is 9.85. The third kappa shape index (κ3) is 5.42. The highest BCUT2D eigenvalue weighted by Gasteiger charge is 2.55. The van der Waals surface area contributed by atoms with Crippen LogP contribution in [0.3, 0.4) is 0 Å². The Morgan fingerprint density at radius 1 is 1.08 bits per heavy atom. The van der Waals surface area contributed by atoms with E-state index in [1.165, 1.54) is 22.7 Å². The van der Waals surface area contributed by atoms with Crippen molar-refractivity contribution in [2.24, 2.45) is 0 Å². The molecular formula is C31H38N4O4. The number of rotatable bonds is 11. The Morgan fingerprint density at radius 3 is 2.31 bits per heavy atom. The summed E-state index contributed by atoms with van der Waals surface area (Å²) >= 11 is 0. The molecule has 1 aromatic heterocycles. The van der Waals surface area contributed by atoms with Gasteiger partial charge in [-0.15, -0.1) is 0 Å². The molecule has 0 spiro atoms. The molecule has 0 N–H and O–H groups in total. The first-order valence-corrected chi connectivity index (χ1v) is 13.5. The zero-order chi connectivity index (χ0) is 28.1. The van der Waals surface area contributed by atoms with Gasteiger partial charge in [0.25, 0.3) is 0 Å². The number of nitrogens with zero attached hydrogens (tertiary/aromatic N) is 4. The van der Waals surface area contributed by atoms with Gasteiger partial charge in [-0.05, 0) is 37.0 Å². The van der Waals surface area contributed by atoms with Gasteiger partial charge in [0, 0.05) is 75.1 Å². The van der Waals surface area contributed by atoms with Crippen LogP contribution in [0, 0.1) is 11.3 Å². The van der Waals surface area contributed by atoms with Gasteiger partial charge in [0.2, 0.25) is 5.91 Å². The number of likely N-dealkylation sites (N-methyl/N-ethyl adjacent to an activating group) is 1. The minimum Gasteiger partial charge on any atom is -0.496 e. The highest BCUT2D eigenvalue weighted by Crippen LogP contribution is 2.55. The molecule has 0 aliphatic heterocycles. The predicted octanol–water partition coefficient (Wildman–Crippen LogP) is 4.97. The lowest BCUT2D eigenvalue weighted by Crippen LogP contribution is -2.54. The molecule has 2 unspecified atom stereocenters. The summed E-state index contributed by atoms with van der Waals surface area (Å²) in [5.41, 5.74) is 5.55. The van der Waals surface area contributed by atoms with Gasteiger partial charge in [0.1, 0.15) is 11.8 Å². The standard InChI is InChI=1S/C31H38N4O4/c1-7-22-16-23(34(8-2)15-14-21-12-10-9-11-13-21)17-26(37-4)27(22)29-30(38-5)28(31(29)39-6)24-19-35(20(3)36)33-25(24)18-32/h9-13,16-17,19,28-31H,7-8,14-15H2,1-6H3. The summed E-state index contributed by atoms with van der Waals surface area (Å²) in [7, 11) is 5.05. The van der Waals surface area contributed by atoms with Crippen molar-refractivity contribution in [3.05, 3.63) is 76.6 Å². The molecule has 2 atom stereocenters. The molecule has 2 aromatic carbocycles. The molecule has 8 nitrogen and oxygen atoms in total. The number of carbonyl (C=O) groups excluding carboxylic acids is 1. The molecule has 1 aliphatic rings. The monoisotopic (exact) mass is 530 g/mol. The van der Waals surface area contributed by atoms with Crippen molar-refractivity contribution < 1.29 is 19.0 Å². The number of hydrogen-bond acceptors (Lipinski definition) is 7. The van der Waals surface area contributed by atoms with E-state index in [4.69, 9.17) is 14.2 Å². The van der Waals surface area contributed by atoms with Gasteiger partial charge >= 0.3 is 0 Å². The van der Waals surface area contributed by atoms with Crippen molar-refractivity contribution in [3.63, 3.8) is 0 Å². The number of benzene rings is 2. The molecule has 206 valence electrons. The molecule has 0 amide bonds. The van der Waals surface area contributed by atoms with Crippen LogP contribution in [-0.4, -0.2) is 62.3 Å². The van der Waals surface area contributed by atoms with Crippen molar-refractivity contribution in [2.75, 3.05) is 39.3 Å². The topological polar surface area (TPSA) is 89.6 Å². The van der Waals surface area contributed by atoms with Crippen molar-refractivity contribution >= 4 is 11.6 Å². The van der Waals surface area contributed by atoms with Crippen LogP contribution >= 0.6 is 0 Å². The van der Waals surface area contributed by atoms with Gasteiger partial charge in [0.15, 0.2) is 5.69 Å². The summed E-state index contributed by atoms with van der Waals surface area (Å²) < 4.78 is 19.3. The second-order valence-corrected chi connectivity index (χ2v) is 9.85. The number of aromatic nitrogens is 2. The summed E-state index contributed by atoms with van der Waals surface area (Å²) in [6.07, 6.45) is 2.84. The highest BCUT2D eigenvalue weighted by molar-refractivity contribution is 5.75. The quantitative estimate of drug-likeness (QED) is 0.346. The van der Waals surface area contributed by atoms with Gasteiger partial charge < -0.3 is 19.1 Å². The van der Waals surface area contributed by atoms with E-state index in [0.29, 0.717) is 5.56 Å². The summed E-state index contributed by atoms with van der Waals surface area (Å²) in [6.45, 7) is 7.51. The summed E-state index contributed by atoms with van der Waals surface area (Å²) in [4.78, 5) is 14.3. The highest BCUT2D eigenvalue weighted by atomic mass is 16.5. The predicted molar refractivity (Wildman–Crippen MR) is 151 cm³/mol. The second kappa shape index (κ2) is 12.5. The molecule has 8 heteroatoms. The molecule has 1 saturated carbocycles. The summed E-state index contributed by atoms with van der Waals surface area (Å²) in [6, 6.07) is 17.0. The lowest BCUT2D eigenvalue weighted by Gasteiger charge is -2.51. The first-order chi connectivity index (χ1) is 18.9. The zero-order valence-electron chi connectivity index (χ0n) is 23.7. The van der Waals surface area contributed by atoms with Crippen LogP contribution in [0.4, 0.5) is 5.69 Å². The molecule has 1 fully saturated rings. The SMILES string of the molecule is CCc1cc(N(CC)CCc2ccccc2)cc(OC)c1C1C(OC)C(c2cn(C(C)=O)nc2C#N)C1OC. The maximum Gasteiger partial charge on any atom is 0.243 e. The van der Waals surface area contributed by atoms with Crippen LogP contribution in [0.25, 0.3) is 0 Å². The number of carbonyl (C=O) groups is 1. The van der Waals surface area contributed by atoms with Crippen LogP contribution in [0.1, 0.15) is 65.3 Å². The number of aryl methyl sites for hydroxylation is 1. The maximum absolute atomic E-state index is 12.0. The first kappa shape index (κ1) is 28.3. The number of hydrogen-bond donors (Lipinski definition) is 0. The summed E-state index contributed by atoms with van der Waals surface area (Å²) in [5, 5.41) is 13.9. The normalized spacial score (nSPS) is 20.2. The van der Waals surface area contributed by atoms with Gasteiger partial charge in [-0.3, -0.25) is 4.79 Å². The van der Waals surface area contributed by atoms with E-state index >= 15 is 0 Å². The Labute approximate surface area is 231 Å². The molecule has 0 radical (unpaired) electrons. The minimum atomic E-state index is -0.280. The lowest BCUT2D eigenvalue weighted by molar-refractivity contribution is -0.116. The van der Waals surface area contributed by atoms with Crippen molar-refractivity contribution in [1.29, 1.82) is 5.26 Å². The lowest BCUT2D eigenvalue weighted by atomic mass is 9.62.